The lowest BCUT2D eigenvalue weighted by Gasteiger charge is -2.22. The molecule has 0 saturated carbocycles. The number of thiazole rings is 1. The van der Waals surface area contributed by atoms with Gasteiger partial charge in [0.05, 0.1) is 5.69 Å². The second-order valence-corrected chi connectivity index (χ2v) is 9.50. The third-order valence-corrected chi connectivity index (χ3v) is 6.37. The number of aromatic nitrogens is 1. The molecule has 0 spiro atoms. The Balaban J connectivity index is 1.78. The van der Waals surface area contributed by atoms with Gasteiger partial charge in [-0.05, 0) is 34.6 Å². The van der Waals surface area contributed by atoms with E-state index in [1.165, 1.54) is 16.8 Å². The summed E-state index contributed by atoms with van der Waals surface area (Å²) >= 11 is 1.67. The van der Waals surface area contributed by atoms with Gasteiger partial charge in [0, 0.05) is 22.3 Å². The summed E-state index contributed by atoms with van der Waals surface area (Å²) in [6.07, 6.45) is 2.17. The van der Waals surface area contributed by atoms with Crippen LogP contribution in [0.15, 0.2) is 84.2 Å². The molecule has 0 saturated heterocycles. The number of hydrogen-bond donors (Lipinski definition) is 1. The van der Waals surface area contributed by atoms with Crippen molar-refractivity contribution in [1.29, 1.82) is 0 Å². The van der Waals surface area contributed by atoms with Gasteiger partial charge in [-0.1, -0.05) is 107 Å². The molecule has 4 aromatic rings. The third kappa shape index (κ3) is 5.00. The molecule has 162 valence electrons. The number of nitrogens with one attached hydrogen (secondary N) is 1. The van der Waals surface area contributed by atoms with Crippen molar-refractivity contribution in [2.24, 2.45) is 0 Å². The van der Waals surface area contributed by atoms with Gasteiger partial charge in [-0.3, -0.25) is 0 Å². The van der Waals surface area contributed by atoms with E-state index < -0.39 is 0 Å². The number of benzene rings is 3. The molecule has 0 unspecified atom stereocenters. The maximum Gasteiger partial charge on any atom is 0.118 e. The molecule has 0 aliphatic rings. The van der Waals surface area contributed by atoms with Gasteiger partial charge < -0.3 is 5.32 Å². The molecule has 3 heteroatoms. The SMILES string of the molecule is CC(C)c1cccc(C(C)C)c1NC(=Cc1nc(-c2ccccc2)cs1)c1ccccc1. The maximum atomic E-state index is 4.90. The predicted octanol–water partition coefficient (Wildman–Crippen LogP) is 8.67. The van der Waals surface area contributed by atoms with Crippen molar-refractivity contribution in [2.45, 2.75) is 39.5 Å². The Morgan fingerprint density at radius 1 is 0.781 bits per heavy atom. The topological polar surface area (TPSA) is 24.9 Å². The molecule has 1 aromatic heterocycles. The van der Waals surface area contributed by atoms with Gasteiger partial charge in [0.25, 0.3) is 0 Å². The molecule has 2 nitrogen and oxygen atoms in total. The highest BCUT2D eigenvalue weighted by Gasteiger charge is 2.16. The smallest absolute Gasteiger partial charge is 0.118 e. The van der Waals surface area contributed by atoms with Gasteiger partial charge in [-0.15, -0.1) is 11.3 Å². The minimum Gasteiger partial charge on any atom is -0.354 e. The Kier molecular flexibility index (Phi) is 6.87. The first-order valence-corrected chi connectivity index (χ1v) is 12.1. The van der Waals surface area contributed by atoms with Crippen molar-refractivity contribution >= 4 is 28.8 Å². The highest BCUT2D eigenvalue weighted by atomic mass is 32.1. The normalized spacial score (nSPS) is 11.9. The van der Waals surface area contributed by atoms with Gasteiger partial charge in [-0.25, -0.2) is 4.98 Å². The standard InChI is InChI=1S/C29H30N2S/c1-20(2)24-16-11-17-25(21(3)4)29(24)31-26(22-12-7-5-8-13-22)18-28-30-27(19-32-28)23-14-9-6-10-15-23/h5-21,31H,1-4H3. The molecular weight excluding hydrogens is 408 g/mol. The highest BCUT2D eigenvalue weighted by molar-refractivity contribution is 7.10. The van der Waals surface area contributed by atoms with E-state index in [-0.39, 0.29) is 0 Å². The van der Waals surface area contributed by atoms with Gasteiger partial charge in [0.1, 0.15) is 5.01 Å². The number of anilines is 1. The Morgan fingerprint density at radius 3 is 1.97 bits per heavy atom. The largest absolute Gasteiger partial charge is 0.354 e. The van der Waals surface area contributed by atoms with Gasteiger partial charge in [0.15, 0.2) is 0 Å². The fraction of sp³-hybridized carbons (Fsp3) is 0.207. The number of hydrogen-bond acceptors (Lipinski definition) is 3. The molecule has 1 heterocycles. The summed E-state index contributed by atoms with van der Waals surface area (Å²) in [6, 6.07) is 27.5. The van der Waals surface area contributed by atoms with Crippen molar-refractivity contribution in [3.8, 4) is 11.3 Å². The van der Waals surface area contributed by atoms with E-state index in [1.807, 2.05) is 6.07 Å². The fourth-order valence-corrected chi connectivity index (χ4v) is 4.62. The Labute approximate surface area is 195 Å². The van der Waals surface area contributed by atoms with Gasteiger partial charge >= 0.3 is 0 Å². The predicted molar refractivity (Wildman–Crippen MR) is 140 cm³/mol. The van der Waals surface area contributed by atoms with Crippen LogP contribution in [0.4, 0.5) is 5.69 Å². The molecular formula is C29H30N2S. The first kappa shape index (κ1) is 22.0. The van der Waals surface area contributed by atoms with Crippen LogP contribution >= 0.6 is 11.3 Å². The zero-order valence-electron chi connectivity index (χ0n) is 19.2. The summed E-state index contributed by atoms with van der Waals surface area (Å²) in [5.74, 6) is 0.857. The molecule has 1 N–H and O–H groups in total. The molecule has 0 radical (unpaired) electrons. The van der Waals surface area contributed by atoms with Crippen LogP contribution in [-0.2, 0) is 0 Å². The van der Waals surface area contributed by atoms with Crippen molar-refractivity contribution in [3.63, 3.8) is 0 Å². The molecule has 4 rings (SSSR count). The van der Waals surface area contributed by atoms with Gasteiger partial charge in [-0.2, -0.15) is 0 Å². The summed E-state index contributed by atoms with van der Waals surface area (Å²) in [7, 11) is 0. The lowest BCUT2D eigenvalue weighted by Crippen LogP contribution is -2.07. The number of rotatable bonds is 7. The summed E-state index contributed by atoms with van der Waals surface area (Å²) < 4.78 is 0. The van der Waals surface area contributed by atoms with Crippen LogP contribution in [0.3, 0.4) is 0 Å². The van der Waals surface area contributed by atoms with Crippen molar-refractivity contribution in [3.05, 3.63) is 106 Å². The molecule has 3 aromatic carbocycles. The molecule has 0 atom stereocenters. The van der Waals surface area contributed by atoms with E-state index in [1.54, 1.807) is 11.3 Å². The third-order valence-electron chi connectivity index (χ3n) is 5.58. The van der Waals surface area contributed by atoms with E-state index in [2.05, 4.69) is 117 Å². The molecule has 32 heavy (non-hydrogen) atoms. The highest BCUT2D eigenvalue weighted by Crippen LogP contribution is 2.35. The van der Waals surface area contributed by atoms with E-state index in [0.717, 1.165) is 27.5 Å². The average molecular weight is 439 g/mol. The molecule has 0 amide bonds. The van der Waals surface area contributed by atoms with Crippen molar-refractivity contribution in [1.82, 2.24) is 4.98 Å². The minimum atomic E-state index is 0.428. The van der Waals surface area contributed by atoms with E-state index in [4.69, 9.17) is 4.98 Å². The van der Waals surface area contributed by atoms with Crippen LogP contribution < -0.4 is 5.32 Å². The van der Waals surface area contributed by atoms with Crippen LogP contribution in [0.5, 0.6) is 0 Å². The van der Waals surface area contributed by atoms with E-state index >= 15 is 0 Å². The first-order valence-electron chi connectivity index (χ1n) is 11.2. The minimum absolute atomic E-state index is 0.428. The Bertz CT molecular complexity index is 1160. The maximum absolute atomic E-state index is 4.90. The van der Waals surface area contributed by atoms with E-state index in [0.29, 0.717) is 11.8 Å². The average Bonchev–Trinajstić information content (AvgIpc) is 3.28. The summed E-state index contributed by atoms with van der Waals surface area (Å²) in [5.41, 5.74) is 8.26. The molecule has 0 fully saturated rings. The van der Waals surface area contributed by atoms with Crippen molar-refractivity contribution < 1.29 is 0 Å². The van der Waals surface area contributed by atoms with Crippen molar-refractivity contribution in [2.75, 3.05) is 5.32 Å². The fourth-order valence-electron chi connectivity index (χ4n) is 3.86. The molecule has 0 bridgehead atoms. The first-order chi connectivity index (χ1) is 15.5. The molecule has 0 aliphatic carbocycles. The summed E-state index contributed by atoms with van der Waals surface area (Å²) in [5, 5.41) is 6.94. The van der Waals surface area contributed by atoms with E-state index in [9.17, 15) is 0 Å². The summed E-state index contributed by atoms with van der Waals surface area (Å²) in [4.78, 5) is 4.90. The van der Waals surface area contributed by atoms with Crippen LogP contribution in [0, 0.1) is 0 Å². The Hall–Kier alpha value is -3.17. The molecule has 0 aliphatic heterocycles. The van der Waals surface area contributed by atoms with Crippen LogP contribution in [0.25, 0.3) is 23.0 Å². The number of para-hydroxylation sites is 1. The zero-order valence-corrected chi connectivity index (χ0v) is 20.0. The second-order valence-electron chi connectivity index (χ2n) is 8.61. The quantitative estimate of drug-likeness (QED) is 0.312. The second kappa shape index (κ2) is 9.97. The lowest BCUT2D eigenvalue weighted by molar-refractivity contribution is 0.838. The Morgan fingerprint density at radius 2 is 1.38 bits per heavy atom. The van der Waals surface area contributed by atoms with Crippen LogP contribution in [0.2, 0.25) is 0 Å². The summed E-state index contributed by atoms with van der Waals surface area (Å²) in [6.45, 7) is 9.01. The zero-order chi connectivity index (χ0) is 22.5. The van der Waals surface area contributed by atoms with Gasteiger partial charge in [0.2, 0.25) is 0 Å². The lowest BCUT2D eigenvalue weighted by atomic mass is 9.92. The monoisotopic (exact) mass is 438 g/mol. The number of nitrogens with zero attached hydrogens (tertiary/aromatic N) is 1. The van der Waals surface area contributed by atoms with Crippen LogP contribution in [-0.4, -0.2) is 4.98 Å². The van der Waals surface area contributed by atoms with Crippen LogP contribution in [0.1, 0.15) is 61.2 Å².